The molecule has 78 valence electrons. The fraction of sp³-hybridized carbons (Fsp3) is 1.00. The molecule has 1 rings (SSSR count). The van der Waals surface area contributed by atoms with Gasteiger partial charge in [-0.1, -0.05) is 6.92 Å². The number of hydrogen-bond donors (Lipinski definition) is 2. The molecule has 1 fully saturated rings. The van der Waals surface area contributed by atoms with Gasteiger partial charge in [-0.05, 0) is 32.2 Å². The Labute approximate surface area is 80.9 Å². The first-order valence-electron chi connectivity index (χ1n) is 5.25. The van der Waals surface area contributed by atoms with Crippen LogP contribution in [0.1, 0.15) is 26.7 Å². The first-order chi connectivity index (χ1) is 6.15. The predicted molar refractivity (Wildman–Crippen MR) is 54.5 cm³/mol. The van der Waals surface area contributed by atoms with Crippen molar-refractivity contribution in [2.75, 3.05) is 19.7 Å². The van der Waals surface area contributed by atoms with Crippen molar-refractivity contribution in [1.82, 2.24) is 4.90 Å². The van der Waals surface area contributed by atoms with Gasteiger partial charge in [-0.25, -0.2) is 0 Å². The number of piperidine rings is 1. The molecule has 0 bridgehead atoms. The zero-order valence-corrected chi connectivity index (χ0v) is 8.74. The van der Waals surface area contributed by atoms with Crippen molar-refractivity contribution < 1.29 is 5.11 Å². The van der Waals surface area contributed by atoms with E-state index in [0.29, 0.717) is 0 Å². The van der Waals surface area contributed by atoms with Gasteiger partial charge in [0, 0.05) is 18.6 Å². The quantitative estimate of drug-likeness (QED) is 0.672. The summed E-state index contributed by atoms with van der Waals surface area (Å²) in [6, 6.07) is 0.220. The summed E-state index contributed by atoms with van der Waals surface area (Å²) in [7, 11) is 0. The smallest absolute Gasteiger partial charge is 0.0601 e. The van der Waals surface area contributed by atoms with Crippen LogP contribution in [0.25, 0.3) is 0 Å². The number of likely N-dealkylation sites (tertiary alicyclic amines) is 1. The van der Waals surface area contributed by atoms with Crippen molar-refractivity contribution >= 4 is 0 Å². The lowest BCUT2D eigenvalue weighted by atomic mass is 9.97. The van der Waals surface area contributed by atoms with Gasteiger partial charge in [0.15, 0.2) is 0 Å². The third-order valence-corrected chi connectivity index (χ3v) is 2.95. The highest BCUT2D eigenvalue weighted by molar-refractivity contribution is 4.82. The van der Waals surface area contributed by atoms with Crippen LogP contribution in [-0.2, 0) is 0 Å². The van der Waals surface area contributed by atoms with Crippen LogP contribution in [0.3, 0.4) is 0 Å². The van der Waals surface area contributed by atoms with E-state index in [4.69, 9.17) is 5.73 Å². The van der Waals surface area contributed by atoms with Gasteiger partial charge in [0.05, 0.1) is 6.61 Å². The molecule has 0 amide bonds. The highest BCUT2D eigenvalue weighted by atomic mass is 16.3. The largest absolute Gasteiger partial charge is 0.395 e. The second-order valence-corrected chi connectivity index (χ2v) is 4.35. The van der Waals surface area contributed by atoms with Crippen LogP contribution in [0.5, 0.6) is 0 Å². The Morgan fingerprint density at radius 3 is 2.77 bits per heavy atom. The number of rotatable bonds is 3. The van der Waals surface area contributed by atoms with Crippen LogP contribution < -0.4 is 5.73 Å². The maximum absolute atomic E-state index is 9.21. The van der Waals surface area contributed by atoms with E-state index < -0.39 is 0 Å². The molecule has 3 N–H and O–H groups in total. The highest BCUT2D eigenvalue weighted by Gasteiger charge is 2.25. The molecule has 1 heterocycles. The van der Waals surface area contributed by atoms with Crippen molar-refractivity contribution in [2.24, 2.45) is 11.7 Å². The summed E-state index contributed by atoms with van der Waals surface area (Å²) in [6.07, 6.45) is 2.55. The number of aliphatic hydroxyl groups excluding tert-OH is 1. The monoisotopic (exact) mass is 186 g/mol. The minimum absolute atomic E-state index is 0.0651. The maximum atomic E-state index is 9.21. The fourth-order valence-corrected chi connectivity index (χ4v) is 2.14. The highest BCUT2D eigenvalue weighted by Crippen LogP contribution is 2.18. The molecule has 0 aliphatic carbocycles. The lowest BCUT2D eigenvalue weighted by molar-refractivity contribution is 0.0723. The second-order valence-electron chi connectivity index (χ2n) is 4.35. The molecule has 0 radical (unpaired) electrons. The summed E-state index contributed by atoms with van der Waals surface area (Å²) in [5.41, 5.74) is 5.82. The molecular weight excluding hydrogens is 164 g/mol. The molecule has 3 unspecified atom stereocenters. The van der Waals surface area contributed by atoms with Gasteiger partial charge in [-0.15, -0.1) is 0 Å². The van der Waals surface area contributed by atoms with Crippen molar-refractivity contribution in [3.05, 3.63) is 0 Å². The van der Waals surface area contributed by atoms with E-state index in [0.717, 1.165) is 19.0 Å². The van der Waals surface area contributed by atoms with Gasteiger partial charge < -0.3 is 10.8 Å². The average molecular weight is 186 g/mol. The molecule has 1 aliphatic rings. The minimum atomic E-state index is 0.0651. The SMILES string of the molecule is CC1CCCN(C(CO)C(C)N)C1. The van der Waals surface area contributed by atoms with Gasteiger partial charge in [-0.3, -0.25) is 4.90 Å². The molecule has 3 heteroatoms. The molecule has 1 aliphatic heterocycles. The summed E-state index contributed by atoms with van der Waals surface area (Å²) in [6.45, 7) is 6.61. The Hall–Kier alpha value is -0.120. The summed E-state index contributed by atoms with van der Waals surface area (Å²) in [5, 5.41) is 9.21. The number of nitrogens with two attached hydrogens (primary N) is 1. The van der Waals surface area contributed by atoms with Crippen LogP contribution in [0.2, 0.25) is 0 Å². The van der Waals surface area contributed by atoms with Crippen LogP contribution in [0, 0.1) is 5.92 Å². The fourth-order valence-electron chi connectivity index (χ4n) is 2.14. The Bertz CT molecular complexity index is 150. The molecule has 0 aromatic rings. The number of hydrogen-bond acceptors (Lipinski definition) is 3. The van der Waals surface area contributed by atoms with E-state index in [9.17, 15) is 5.11 Å². The topological polar surface area (TPSA) is 49.5 Å². The lowest BCUT2D eigenvalue weighted by Crippen LogP contribution is -2.51. The first kappa shape index (κ1) is 11.0. The van der Waals surface area contributed by atoms with Crippen molar-refractivity contribution in [3.8, 4) is 0 Å². The molecule has 0 spiro atoms. The minimum Gasteiger partial charge on any atom is -0.395 e. The van der Waals surface area contributed by atoms with E-state index in [2.05, 4.69) is 11.8 Å². The normalized spacial score (nSPS) is 30.0. The zero-order chi connectivity index (χ0) is 9.84. The Balaban J connectivity index is 2.47. The predicted octanol–water partition coefficient (Wildman–Crippen LogP) is 0.426. The third-order valence-electron chi connectivity index (χ3n) is 2.95. The second kappa shape index (κ2) is 4.94. The maximum Gasteiger partial charge on any atom is 0.0601 e. The zero-order valence-electron chi connectivity index (χ0n) is 8.74. The molecular formula is C10H22N2O. The van der Waals surface area contributed by atoms with Gasteiger partial charge >= 0.3 is 0 Å². The van der Waals surface area contributed by atoms with Crippen LogP contribution in [-0.4, -0.2) is 41.8 Å². The molecule has 0 saturated carbocycles. The van der Waals surface area contributed by atoms with Crippen LogP contribution in [0.4, 0.5) is 0 Å². The van der Waals surface area contributed by atoms with Crippen LogP contribution in [0.15, 0.2) is 0 Å². The van der Waals surface area contributed by atoms with E-state index in [1.165, 1.54) is 12.8 Å². The van der Waals surface area contributed by atoms with Gasteiger partial charge in [-0.2, -0.15) is 0 Å². The Kier molecular flexibility index (Phi) is 4.16. The van der Waals surface area contributed by atoms with Gasteiger partial charge in [0.2, 0.25) is 0 Å². The Morgan fingerprint density at radius 1 is 1.62 bits per heavy atom. The first-order valence-corrected chi connectivity index (χ1v) is 5.25. The van der Waals surface area contributed by atoms with Crippen LogP contribution >= 0.6 is 0 Å². The molecule has 3 atom stereocenters. The number of aliphatic hydroxyl groups is 1. The molecule has 1 saturated heterocycles. The van der Waals surface area contributed by atoms with E-state index >= 15 is 0 Å². The summed E-state index contributed by atoms with van der Waals surface area (Å²) < 4.78 is 0. The Morgan fingerprint density at radius 2 is 2.31 bits per heavy atom. The van der Waals surface area contributed by atoms with Crippen molar-refractivity contribution in [1.29, 1.82) is 0 Å². The van der Waals surface area contributed by atoms with E-state index in [-0.39, 0.29) is 18.7 Å². The molecule has 3 nitrogen and oxygen atoms in total. The van der Waals surface area contributed by atoms with Gasteiger partial charge in [0.25, 0.3) is 0 Å². The standard InChI is InChI=1S/C10H22N2O/c1-8-4-3-5-12(6-8)10(7-13)9(2)11/h8-10,13H,3-7,11H2,1-2H3. The molecule has 0 aromatic carbocycles. The summed E-state index contributed by atoms with van der Waals surface area (Å²) in [5.74, 6) is 0.751. The lowest BCUT2D eigenvalue weighted by Gasteiger charge is -2.38. The number of nitrogens with zero attached hydrogens (tertiary/aromatic N) is 1. The summed E-state index contributed by atoms with van der Waals surface area (Å²) in [4.78, 5) is 2.33. The molecule has 13 heavy (non-hydrogen) atoms. The van der Waals surface area contributed by atoms with Gasteiger partial charge in [0.1, 0.15) is 0 Å². The molecule has 0 aromatic heterocycles. The third kappa shape index (κ3) is 2.93. The average Bonchev–Trinajstić information content (AvgIpc) is 2.04. The van der Waals surface area contributed by atoms with E-state index in [1.807, 2.05) is 6.92 Å². The summed E-state index contributed by atoms with van der Waals surface area (Å²) >= 11 is 0. The van der Waals surface area contributed by atoms with Crippen molar-refractivity contribution in [2.45, 2.75) is 38.8 Å². The van der Waals surface area contributed by atoms with E-state index in [1.54, 1.807) is 0 Å². The van der Waals surface area contributed by atoms with Crippen molar-refractivity contribution in [3.63, 3.8) is 0 Å².